The maximum atomic E-state index is 11.0. The van der Waals surface area contributed by atoms with Gasteiger partial charge in [0.05, 0.1) is 27.6 Å². The van der Waals surface area contributed by atoms with E-state index in [1.807, 2.05) is 6.92 Å². The highest BCUT2D eigenvalue weighted by Crippen LogP contribution is 2.25. The summed E-state index contributed by atoms with van der Waals surface area (Å²) in [6, 6.07) is 4.97. The molecule has 0 aliphatic heterocycles. The van der Waals surface area contributed by atoms with E-state index < -0.39 is 4.92 Å². The zero-order valence-electron chi connectivity index (χ0n) is 9.96. The Morgan fingerprint density at radius 3 is 2.84 bits per heavy atom. The van der Waals surface area contributed by atoms with Gasteiger partial charge in [0.25, 0.3) is 5.69 Å². The van der Waals surface area contributed by atoms with Crippen LogP contribution < -0.4 is 0 Å². The van der Waals surface area contributed by atoms with E-state index in [4.69, 9.17) is 0 Å². The largest absolute Gasteiger partial charge is 0.275 e. The molecule has 6 nitrogen and oxygen atoms in total. The Labute approximate surface area is 126 Å². The van der Waals surface area contributed by atoms with Crippen LogP contribution in [0.15, 0.2) is 28.9 Å². The van der Waals surface area contributed by atoms with E-state index in [1.54, 1.807) is 23.0 Å². The molecule has 2 aromatic rings. The molecule has 2 rings (SSSR count). The van der Waals surface area contributed by atoms with Crippen molar-refractivity contribution in [3.05, 3.63) is 50.2 Å². The maximum absolute atomic E-state index is 11.0. The summed E-state index contributed by atoms with van der Waals surface area (Å²) >= 11 is 6.63. The Bertz CT molecular complexity index is 612. The molecule has 100 valence electrons. The molecule has 0 fully saturated rings. The first-order valence-electron chi connectivity index (χ1n) is 5.44. The van der Waals surface area contributed by atoms with Crippen molar-refractivity contribution in [3.63, 3.8) is 0 Å². The minimum absolute atomic E-state index is 0.0679. The quantitative estimate of drug-likeness (QED) is 0.456. The molecule has 0 amide bonds. The summed E-state index contributed by atoms with van der Waals surface area (Å²) in [5, 5.41) is 19.0. The second-order valence-electron chi connectivity index (χ2n) is 3.99. The molecular formula is C11H10Br2N4O2. The standard InChI is InChI=1S/C11H10Br2N4O2/c1-7(12)10-6-16(15-14-10)5-8-2-3-9(13)4-11(8)17(18)19/h2-4,6-7H,5H2,1H3. The van der Waals surface area contributed by atoms with E-state index in [-0.39, 0.29) is 10.5 Å². The molecule has 0 bridgehead atoms. The van der Waals surface area contributed by atoms with Crippen LogP contribution in [0, 0.1) is 10.1 Å². The summed E-state index contributed by atoms with van der Waals surface area (Å²) in [7, 11) is 0. The number of nitro groups is 1. The summed E-state index contributed by atoms with van der Waals surface area (Å²) in [5.74, 6) is 0. The number of halogens is 2. The van der Waals surface area contributed by atoms with Crippen molar-refractivity contribution in [2.24, 2.45) is 0 Å². The first-order valence-corrected chi connectivity index (χ1v) is 7.15. The first kappa shape index (κ1) is 14.1. The number of hydrogen-bond acceptors (Lipinski definition) is 4. The summed E-state index contributed by atoms with van der Waals surface area (Å²) in [4.78, 5) is 10.7. The van der Waals surface area contributed by atoms with Crippen molar-refractivity contribution >= 4 is 37.5 Å². The number of rotatable bonds is 4. The normalized spacial score (nSPS) is 12.4. The highest BCUT2D eigenvalue weighted by Gasteiger charge is 2.15. The SMILES string of the molecule is CC(Br)c1cn(Cc2ccc(Br)cc2[N+](=O)[O-])nn1. The van der Waals surface area contributed by atoms with Crippen LogP contribution in [0.25, 0.3) is 0 Å². The first-order chi connectivity index (χ1) is 8.97. The summed E-state index contributed by atoms with van der Waals surface area (Å²) in [5.41, 5.74) is 1.45. The fourth-order valence-corrected chi connectivity index (χ4v) is 2.15. The van der Waals surface area contributed by atoms with Gasteiger partial charge in [-0.1, -0.05) is 37.1 Å². The van der Waals surface area contributed by atoms with Gasteiger partial charge in [0.15, 0.2) is 0 Å². The Morgan fingerprint density at radius 1 is 1.53 bits per heavy atom. The second-order valence-corrected chi connectivity index (χ2v) is 6.28. The number of nitrogens with zero attached hydrogens (tertiary/aromatic N) is 4. The van der Waals surface area contributed by atoms with Crippen LogP contribution in [0.2, 0.25) is 0 Å². The minimum Gasteiger partial charge on any atom is -0.258 e. The predicted octanol–water partition coefficient (Wildman–Crippen LogP) is 3.45. The highest BCUT2D eigenvalue weighted by molar-refractivity contribution is 9.10. The fourth-order valence-electron chi connectivity index (χ4n) is 1.59. The Hall–Kier alpha value is -1.28. The lowest BCUT2D eigenvalue weighted by Crippen LogP contribution is -2.04. The predicted molar refractivity (Wildman–Crippen MR) is 77.3 cm³/mol. The number of hydrogen-bond donors (Lipinski definition) is 0. The van der Waals surface area contributed by atoms with Gasteiger partial charge in [-0.2, -0.15) is 0 Å². The molecule has 0 saturated heterocycles. The van der Waals surface area contributed by atoms with Gasteiger partial charge in [0, 0.05) is 16.7 Å². The van der Waals surface area contributed by atoms with Crippen LogP contribution in [-0.2, 0) is 6.54 Å². The molecule has 0 aliphatic carbocycles. The van der Waals surface area contributed by atoms with Crippen LogP contribution in [0.1, 0.15) is 23.0 Å². The van der Waals surface area contributed by atoms with Crippen molar-refractivity contribution in [2.45, 2.75) is 18.3 Å². The van der Waals surface area contributed by atoms with Gasteiger partial charge in [-0.3, -0.25) is 10.1 Å². The Morgan fingerprint density at radius 2 is 2.26 bits per heavy atom. The zero-order valence-corrected chi connectivity index (χ0v) is 13.1. The van der Waals surface area contributed by atoms with Crippen LogP contribution in [-0.4, -0.2) is 19.9 Å². The Balaban J connectivity index is 2.29. The molecule has 0 saturated carbocycles. The summed E-state index contributed by atoms with van der Waals surface area (Å²) in [6.45, 7) is 2.26. The average molecular weight is 390 g/mol. The molecule has 19 heavy (non-hydrogen) atoms. The molecule has 1 aromatic carbocycles. The lowest BCUT2D eigenvalue weighted by Gasteiger charge is -2.03. The lowest BCUT2D eigenvalue weighted by atomic mass is 10.2. The highest BCUT2D eigenvalue weighted by atomic mass is 79.9. The summed E-state index contributed by atoms with van der Waals surface area (Å²) < 4.78 is 2.26. The number of nitro benzene ring substituents is 1. The van der Waals surface area contributed by atoms with E-state index in [9.17, 15) is 10.1 Å². The molecule has 0 aliphatic rings. The van der Waals surface area contributed by atoms with Crippen molar-refractivity contribution in [1.29, 1.82) is 0 Å². The van der Waals surface area contributed by atoms with E-state index in [0.29, 0.717) is 16.6 Å². The molecule has 0 radical (unpaired) electrons. The van der Waals surface area contributed by atoms with Gasteiger partial charge in [-0.25, -0.2) is 4.68 Å². The minimum atomic E-state index is -0.398. The Kier molecular flexibility index (Phi) is 4.31. The second kappa shape index (κ2) is 5.79. The molecule has 0 spiro atoms. The number of alkyl halides is 1. The van der Waals surface area contributed by atoms with Crippen molar-refractivity contribution in [2.75, 3.05) is 0 Å². The van der Waals surface area contributed by atoms with E-state index in [2.05, 4.69) is 42.2 Å². The van der Waals surface area contributed by atoms with Gasteiger partial charge < -0.3 is 0 Å². The van der Waals surface area contributed by atoms with E-state index in [1.165, 1.54) is 6.07 Å². The average Bonchev–Trinajstić information content (AvgIpc) is 2.80. The molecular weight excluding hydrogens is 380 g/mol. The van der Waals surface area contributed by atoms with Gasteiger partial charge in [-0.15, -0.1) is 5.10 Å². The van der Waals surface area contributed by atoms with Crippen LogP contribution in [0.3, 0.4) is 0 Å². The summed E-state index contributed by atoms with van der Waals surface area (Å²) in [6.07, 6.45) is 1.77. The van der Waals surface area contributed by atoms with Crippen LogP contribution in [0.4, 0.5) is 5.69 Å². The van der Waals surface area contributed by atoms with Gasteiger partial charge >= 0.3 is 0 Å². The van der Waals surface area contributed by atoms with Gasteiger partial charge in [0.2, 0.25) is 0 Å². The van der Waals surface area contributed by atoms with Crippen LogP contribution >= 0.6 is 31.9 Å². The van der Waals surface area contributed by atoms with Crippen LogP contribution in [0.5, 0.6) is 0 Å². The number of benzene rings is 1. The van der Waals surface area contributed by atoms with E-state index in [0.717, 1.165) is 5.69 Å². The monoisotopic (exact) mass is 388 g/mol. The number of aromatic nitrogens is 3. The fraction of sp³-hybridized carbons (Fsp3) is 0.273. The van der Waals surface area contributed by atoms with Gasteiger partial charge in [0.1, 0.15) is 0 Å². The topological polar surface area (TPSA) is 73.8 Å². The third-order valence-electron chi connectivity index (χ3n) is 2.54. The van der Waals surface area contributed by atoms with E-state index >= 15 is 0 Å². The lowest BCUT2D eigenvalue weighted by molar-refractivity contribution is -0.385. The molecule has 1 atom stereocenters. The van der Waals surface area contributed by atoms with Crippen molar-refractivity contribution in [3.8, 4) is 0 Å². The van der Waals surface area contributed by atoms with Gasteiger partial charge in [-0.05, 0) is 19.1 Å². The smallest absolute Gasteiger partial charge is 0.258 e. The third kappa shape index (κ3) is 3.38. The zero-order chi connectivity index (χ0) is 14.0. The maximum Gasteiger partial charge on any atom is 0.275 e. The van der Waals surface area contributed by atoms with Crippen molar-refractivity contribution in [1.82, 2.24) is 15.0 Å². The molecule has 1 unspecified atom stereocenters. The van der Waals surface area contributed by atoms with Crippen molar-refractivity contribution < 1.29 is 4.92 Å². The third-order valence-corrected chi connectivity index (χ3v) is 3.50. The molecule has 1 aromatic heterocycles. The molecule has 1 heterocycles. The molecule has 0 N–H and O–H groups in total. The molecule has 8 heteroatoms.